The van der Waals surface area contributed by atoms with Crippen molar-refractivity contribution in [1.82, 2.24) is 24.7 Å². The summed E-state index contributed by atoms with van der Waals surface area (Å²) in [5, 5.41) is 6.77. The molecule has 0 bridgehead atoms. The van der Waals surface area contributed by atoms with Crippen LogP contribution in [0.4, 0.5) is 5.82 Å². The minimum absolute atomic E-state index is 0.169. The van der Waals surface area contributed by atoms with E-state index in [1.807, 2.05) is 0 Å². The average molecular weight is 253 g/mol. The summed E-state index contributed by atoms with van der Waals surface area (Å²) in [6.07, 6.45) is 6.02. The van der Waals surface area contributed by atoms with Crippen molar-refractivity contribution in [2.75, 3.05) is 5.32 Å². The number of amides is 1. The molecule has 0 saturated carbocycles. The van der Waals surface area contributed by atoms with Crippen molar-refractivity contribution in [3.05, 3.63) is 30.2 Å². The van der Waals surface area contributed by atoms with E-state index in [2.05, 4.69) is 25.4 Å². The fourth-order valence-electron chi connectivity index (χ4n) is 1.15. The molecule has 0 aliphatic heterocycles. The number of rotatable bonds is 4. The van der Waals surface area contributed by atoms with Gasteiger partial charge in [-0.15, -0.1) is 0 Å². The Balaban J connectivity index is 1.83. The van der Waals surface area contributed by atoms with E-state index in [1.165, 1.54) is 18.7 Å². The van der Waals surface area contributed by atoms with Crippen molar-refractivity contribution < 1.29 is 4.79 Å². The van der Waals surface area contributed by atoms with Crippen molar-refractivity contribution in [3.63, 3.8) is 0 Å². The second-order valence-electron chi connectivity index (χ2n) is 3.18. The summed E-state index contributed by atoms with van der Waals surface area (Å²) in [5.74, 6) is 0.204. The third-order valence-corrected chi connectivity index (χ3v) is 2.12. The second kappa shape index (κ2) is 5.35. The highest BCUT2D eigenvalue weighted by Crippen LogP contribution is 2.05. The maximum atomic E-state index is 11.5. The number of halogens is 1. The topological polar surface area (TPSA) is 85.6 Å². The quantitative estimate of drug-likeness (QED) is 0.868. The van der Waals surface area contributed by atoms with Crippen LogP contribution in [0, 0.1) is 0 Å². The molecule has 0 unspecified atom stereocenters. The van der Waals surface area contributed by atoms with Crippen LogP contribution in [0.3, 0.4) is 0 Å². The van der Waals surface area contributed by atoms with Gasteiger partial charge in [-0.05, 0) is 0 Å². The first-order valence-corrected chi connectivity index (χ1v) is 5.21. The molecule has 0 fully saturated rings. The molecule has 0 aliphatic rings. The van der Waals surface area contributed by atoms with Crippen LogP contribution in [0.2, 0.25) is 5.15 Å². The van der Waals surface area contributed by atoms with Crippen molar-refractivity contribution >= 4 is 23.3 Å². The van der Waals surface area contributed by atoms with Crippen molar-refractivity contribution in [1.29, 1.82) is 0 Å². The van der Waals surface area contributed by atoms with Crippen LogP contribution in [-0.4, -0.2) is 30.6 Å². The first-order chi connectivity index (χ1) is 8.24. The van der Waals surface area contributed by atoms with Gasteiger partial charge in [0.2, 0.25) is 5.91 Å². The first-order valence-electron chi connectivity index (χ1n) is 4.84. The molecule has 17 heavy (non-hydrogen) atoms. The van der Waals surface area contributed by atoms with Gasteiger partial charge in [-0.1, -0.05) is 11.6 Å². The van der Waals surface area contributed by atoms with Gasteiger partial charge in [0.15, 0.2) is 5.82 Å². The summed E-state index contributed by atoms with van der Waals surface area (Å²) in [7, 11) is 0. The third-order valence-electron chi connectivity index (χ3n) is 1.92. The van der Waals surface area contributed by atoms with Gasteiger partial charge in [0, 0.05) is 6.42 Å². The van der Waals surface area contributed by atoms with Gasteiger partial charge in [-0.25, -0.2) is 15.0 Å². The number of anilines is 1. The Bertz CT molecular complexity index is 483. The third kappa shape index (κ3) is 3.49. The molecule has 88 valence electrons. The molecule has 0 aliphatic carbocycles. The van der Waals surface area contributed by atoms with E-state index in [4.69, 9.17) is 11.6 Å². The number of carbonyl (C=O) groups excluding carboxylic acids is 1. The van der Waals surface area contributed by atoms with Crippen LogP contribution in [-0.2, 0) is 11.3 Å². The Labute approximate surface area is 102 Å². The summed E-state index contributed by atoms with van der Waals surface area (Å²) >= 11 is 5.57. The van der Waals surface area contributed by atoms with Crippen LogP contribution < -0.4 is 5.32 Å². The molecule has 1 amide bonds. The SMILES string of the molecule is O=C(CCn1cncn1)Nc1cnc(Cl)cn1. The van der Waals surface area contributed by atoms with Gasteiger partial charge in [0.05, 0.1) is 18.9 Å². The Kier molecular flexibility index (Phi) is 3.61. The zero-order valence-corrected chi connectivity index (χ0v) is 9.50. The highest BCUT2D eigenvalue weighted by Gasteiger charge is 2.04. The first kappa shape index (κ1) is 11.5. The van der Waals surface area contributed by atoms with Gasteiger partial charge in [0.1, 0.15) is 17.8 Å². The largest absolute Gasteiger partial charge is 0.309 e. The van der Waals surface area contributed by atoms with Gasteiger partial charge >= 0.3 is 0 Å². The number of aryl methyl sites for hydroxylation is 1. The van der Waals surface area contributed by atoms with E-state index in [9.17, 15) is 4.79 Å². The fourth-order valence-corrected chi connectivity index (χ4v) is 1.24. The normalized spacial score (nSPS) is 10.2. The fraction of sp³-hybridized carbons (Fsp3) is 0.222. The molecule has 8 heteroatoms. The number of nitrogens with one attached hydrogen (secondary N) is 1. The number of hydrogen-bond donors (Lipinski definition) is 1. The molecule has 0 atom stereocenters. The van der Waals surface area contributed by atoms with Crippen molar-refractivity contribution in [3.8, 4) is 0 Å². The maximum Gasteiger partial charge on any atom is 0.227 e. The minimum atomic E-state index is -0.169. The minimum Gasteiger partial charge on any atom is -0.309 e. The molecule has 2 heterocycles. The summed E-state index contributed by atoms with van der Waals surface area (Å²) in [6, 6.07) is 0. The Morgan fingerprint density at radius 3 is 2.94 bits per heavy atom. The molecule has 2 rings (SSSR count). The van der Waals surface area contributed by atoms with E-state index < -0.39 is 0 Å². The number of nitrogens with zero attached hydrogens (tertiary/aromatic N) is 5. The monoisotopic (exact) mass is 252 g/mol. The summed E-state index contributed by atoms with van der Waals surface area (Å²) in [6.45, 7) is 0.465. The lowest BCUT2D eigenvalue weighted by Crippen LogP contribution is -2.15. The summed E-state index contributed by atoms with van der Waals surface area (Å²) in [4.78, 5) is 23.0. The van der Waals surface area contributed by atoms with Crippen molar-refractivity contribution in [2.24, 2.45) is 0 Å². The van der Waals surface area contributed by atoms with E-state index in [1.54, 1.807) is 11.0 Å². The number of carbonyl (C=O) groups is 1. The number of hydrogen-bond acceptors (Lipinski definition) is 5. The van der Waals surface area contributed by atoms with Crippen LogP contribution in [0.25, 0.3) is 0 Å². The standard InChI is InChI=1S/C9H9ClN6O/c10-7-3-13-8(4-12-7)15-9(17)1-2-16-6-11-5-14-16/h3-6H,1-2H2,(H,13,15,17). The van der Waals surface area contributed by atoms with Crippen LogP contribution in [0.15, 0.2) is 25.0 Å². The van der Waals surface area contributed by atoms with E-state index in [-0.39, 0.29) is 17.5 Å². The van der Waals surface area contributed by atoms with Gasteiger partial charge in [-0.2, -0.15) is 5.10 Å². The molecule has 0 radical (unpaired) electrons. The lowest BCUT2D eigenvalue weighted by Gasteiger charge is -2.03. The molecular weight excluding hydrogens is 244 g/mol. The smallest absolute Gasteiger partial charge is 0.227 e. The zero-order valence-electron chi connectivity index (χ0n) is 8.75. The molecule has 0 saturated heterocycles. The Morgan fingerprint density at radius 1 is 1.41 bits per heavy atom. The second-order valence-corrected chi connectivity index (χ2v) is 3.57. The molecule has 0 spiro atoms. The predicted molar refractivity (Wildman–Crippen MR) is 60.3 cm³/mol. The van der Waals surface area contributed by atoms with Crippen LogP contribution in [0.5, 0.6) is 0 Å². The van der Waals surface area contributed by atoms with Crippen molar-refractivity contribution in [2.45, 2.75) is 13.0 Å². The van der Waals surface area contributed by atoms with Gasteiger partial charge in [-0.3, -0.25) is 9.48 Å². The highest BCUT2D eigenvalue weighted by atomic mass is 35.5. The molecule has 2 aromatic rings. The molecular formula is C9H9ClN6O. The molecule has 7 nitrogen and oxygen atoms in total. The van der Waals surface area contributed by atoms with Crippen LogP contribution in [0.1, 0.15) is 6.42 Å². The molecule has 1 N–H and O–H groups in total. The number of aromatic nitrogens is 5. The highest BCUT2D eigenvalue weighted by molar-refractivity contribution is 6.29. The summed E-state index contributed by atoms with van der Waals surface area (Å²) < 4.78 is 1.58. The Morgan fingerprint density at radius 2 is 2.29 bits per heavy atom. The van der Waals surface area contributed by atoms with Crippen LogP contribution >= 0.6 is 11.6 Å². The van der Waals surface area contributed by atoms with E-state index in [0.717, 1.165) is 0 Å². The Hall–Kier alpha value is -2.02. The zero-order chi connectivity index (χ0) is 12.1. The average Bonchev–Trinajstić information content (AvgIpc) is 2.83. The molecule has 2 aromatic heterocycles. The maximum absolute atomic E-state index is 11.5. The van der Waals surface area contributed by atoms with E-state index in [0.29, 0.717) is 12.4 Å². The lowest BCUT2D eigenvalue weighted by atomic mass is 10.4. The molecule has 0 aromatic carbocycles. The van der Waals surface area contributed by atoms with Gasteiger partial charge < -0.3 is 5.32 Å². The lowest BCUT2D eigenvalue weighted by molar-refractivity contribution is -0.116. The summed E-state index contributed by atoms with van der Waals surface area (Å²) in [5.41, 5.74) is 0. The van der Waals surface area contributed by atoms with Gasteiger partial charge in [0.25, 0.3) is 0 Å². The predicted octanol–water partition coefficient (Wildman–Crippen LogP) is 0.750. The van der Waals surface area contributed by atoms with E-state index >= 15 is 0 Å².